The lowest BCUT2D eigenvalue weighted by Crippen LogP contribution is -2.27. The van der Waals surface area contributed by atoms with Crippen molar-refractivity contribution in [1.82, 2.24) is 4.57 Å². The Morgan fingerprint density at radius 1 is 1.47 bits per heavy atom. The fourth-order valence-corrected chi connectivity index (χ4v) is 1.52. The number of nitrogens with two attached hydrogens (primary N) is 1. The topological polar surface area (TPSA) is 57.2 Å². The van der Waals surface area contributed by atoms with Gasteiger partial charge in [0.05, 0.1) is 0 Å². The van der Waals surface area contributed by atoms with Gasteiger partial charge in [-0.3, -0.25) is 4.79 Å². The van der Waals surface area contributed by atoms with Crippen LogP contribution in [-0.2, 0) is 17.8 Å². The Morgan fingerprint density at radius 3 is 2.80 bits per heavy atom. The van der Waals surface area contributed by atoms with Gasteiger partial charge in [0.25, 0.3) is 5.56 Å². The van der Waals surface area contributed by atoms with Crippen molar-refractivity contribution < 1.29 is 4.74 Å². The molecule has 0 bridgehead atoms. The molecule has 0 aromatic carbocycles. The van der Waals surface area contributed by atoms with Crippen LogP contribution >= 0.6 is 0 Å². The first-order valence-electron chi connectivity index (χ1n) is 5.09. The second-order valence-electron chi connectivity index (χ2n) is 3.51. The third-order valence-electron chi connectivity index (χ3n) is 2.42. The van der Waals surface area contributed by atoms with Gasteiger partial charge in [0.2, 0.25) is 0 Å². The fourth-order valence-electron chi connectivity index (χ4n) is 1.52. The van der Waals surface area contributed by atoms with Crippen LogP contribution in [0.25, 0.3) is 0 Å². The molecule has 0 aliphatic rings. The van der Waals surface area contributed by atoms with E-state index in [4.69, 9.17) is 10.5 Å². The smallest absolute Gasteiger partial charge is 0.255 e. The van der Waals surface area contributed by atoms with Gasteiger partial charge in [-0.05, 0) is 19.4 Å². The Morgan fingerprint density at radius 2 is 2.20 bits per heavy atom. The molecule has 0 saturated carbocycles. The molecule has 0 unspecified atom stereocenters. The normalized spacial score (nSPS) is 10.6. The van der Waals surface area contributed by atoms with Gasteiger partial charge in [-0.1, -0.05) is 6.07 Å². The largest absolute Gasteiger partial charge is 0.385 e. The zero-order chi connectivity index (χ0) is 11.3. The molecule has 84 valence electrons. The van der Waals surface area contributed by atoms with Crippen LogP contribution in [0.3, 0.4) is 0 Å². The van der Waals surface area contributed by atoms with Crippen molar-refractivity contribution >= 4 is 0 Å². The average molecular weight is 210 g/mol. The number of rotatable bonds is 5. The SMILES string of the molecule is COCCCn1c(C)ccc(CN)c1=O. The summed E-state index contributed by atoms with van der Waals surface area (Å²) in [6.07, 6.45) is 0.839. The number of pyridine rings is 1. The van der Waals surface area contributed by atoms with Gasteiger partial charge >= 0.3 is 0 Å². The molecule has 1 aromatic heterocycles. The minimum absolute atomic E-state index is 0.0219. The van der Waals surface area contributed by atoms with E-state index in [-0.39, 0.29) is 5.56 Å². The summed E-state index contributed by atoms with van der Waals surface area (Å²) in [6, 6.07) is 3.72. The maximum atomic E-state index is 11.9. The van der Waals surface area contributed by atoms with Gasteiger partial charge < -0.3 is 15.0 Å². The number of nitrogens with zero attached hydrogens (tertiary/aromatic N) is 1. The van der Waals surface area contributed by atoms with Gasteiger partial charge in [0, 0.05) is 38.1 Å². The van der Waals surface area contributed by atoms with Gasteiger partial charge in [-0.25, -0.2) is 0 Å². The molecule has 0 saturated heterocycles. The molecule has 1 heterocycles. The molecule has 4 heteroatoms. The van der Waals surface area contributed by atoms with Gasteiger partial charge in [-0.15, -0.1) is 0 Å². The number of hydrogen-bond acceptors (Lipinski definition) is 3. The molecule has 0 spiro atoms. The molecule has 0 aliphatic heterocycles. The molecule has 4 nitrogen and oxygen atoms in total. The van der Waals surface area contributed by atoms with Crippen LogP contribution in [0.1, 0.15) is 17.7 Å². The van der Waals surface area contributed by atoms with Crippen LogP contribution < -0.4 is 11.3 Å². The second kappa shape index (κ2) is 5.68. The highest BCUT2D eigenvalue weighted by atomic mass is 16.5. The maximum Gasteiger partial charge on any atom is 0.255 e. The summed E-state index contributed by atoms with van der Waals surface area (Å²) in [4.78, 5) is 11.9. The standard InChI is InChI=1S/C11H18N2O2/c1-9-4-5-10(8-12)11(14)13(9)6-3-7-15-2/h4-5H,3,6-8,12H2,1-2H3. The van der Waals surface area contributed by atoms with Crippen LogP contribution in [0, 0.1) is 6.92 Å². The van der Waals surface area contributed by atoms with Crippen molar-refractivity contribution in [2.45, 2.75) is 26.4 Å². The first-order chi connectivity index (χ1) is 7.20. The van der Waals surface area contributed by atoms with Crippen LogP contribution in [0.2, 0.25) is 0 Å². The van der Waals surface area contributed by atoms with Crippen molar-refractivity contribution in [2.24, 2.45) is 5.73 Å². The first kappa shape index (κ1) is 11.9. The third kappa shape index (κ3) is 2.91. The Balaban J connectivity index is 2.89. The molecule has 0 aliphatic carbocycles. The fraction of sp³-hybridized carbons (Fsp3) is 0.545. The van der Waals surface area contributed by atoms with Crippen LogP contribution in [0.4, 0.5) is 0 Å². The molecule has 1 rings (SSSR count). The van der Waals surface area contributed by atoms with E-state index < -0.39 is 0 Å². The molecule has 0 atom stereocenters. The molecular formula is C11H18N2O2. The van der Waals surface area contributed by atoms with Gasteiger partial charge in [0.15, 0.2) is 0 Å². The van der Waals surface area contributed by atoms with Crippen molar-refractivity contribution in [1.29, 1.82) is 0 Å². The summed E-state index contributed by atoms with van der Waals surface area (Å²) < 4.78 is 6.71. The Labute approximate surface area is 89.7 Å². The van der Waals surface area contributed by atoms with E-state index in [1.165, 1.54) is 0 Å². The van der Waals surface area contributed by atoms with E-state index in [1.54, 1.807) is 17.7 Å². The Hall–Kier alpha value is -1.13. The molecule has 2 N–H and O–H groups in total. The number of aromatic nitrogens is 1. The van der Waals surface area contributed by atoms with Crippen molar-refractivity contribution in [3.8, 4) is 0 Å². The third-order valence-corrected chi connectivity index (χ3v) is 2.42. The Kier molecular flexibility index (Phi) is 4.52. The highest BCUT2D eigenvalue weighted by molar-refractivity contribution is 5.15. The zero-order valence-corrected chi connectivity index (χ0v) is 9.32. The number of ether oxygens (including phenoxy) is 1. The van der Waals surface area contributed by atoms with E-state index in [1.807, 2.05) is 13.0 Å². The maximum absolute atomic E-state index is 11.9. The monoisotopic (exact) mass is 210 g/mol. The number of methoxy groups -OCH3 is 1. The molecule has 0 radical (unpaired) electrons. The summed E-state index contributed by atoms with van der Waals surface area (Å²) in [5, 5.41) is 0. The lowest BCUT2D eigenvalue weighted by Gasteiger charge is -2.10. The highest BCUT2D eigenvalue weighted by Crippen LogP contribution is 1.99. The first-order valence-corrected chi connectivity index (χ1v) is 5.09. The molecule has 1 aromatic rings. The van der Waals surface area contributed by atoms with Crippen LogP contribution in [0.5, 0.6) is 0 Å². The Bertz CT molecular complexity index is 371. The summed E-state index contributed by atoms with van der Waals surface area (Å²) in [7, 11) is 1.66. The highest BCUT2D eigenvalue weighted by Gasteiger charge is 2.04. The van der Waals surface area contributed by atoms with E-state index in [0.717, 1.165) is 12.1 Å². The minimum Gasteiger partial charge on any atom is -0.385 e. The molecule has 15 heavy (non-hydrogen) atoms. The van der Waals surface area contributed by atoms with Crippen molar-refractivity contribution in [3.05, 3.63) is 33.7 Å². The van der Waals surface area contributed by atoms with E-state index in [2.05, 4.69) is 0 Å². The van der Waals surface area contributed by atoms with Crippen LogP contribution in [0.15, 0.2) is 16.9 Å². The summed E-state index contributed by atoms with van der Waals surface area (Å²) >= 11 is 0. The predicted octanol–water partition coefficient (Wildman–Crippen LogP) is 0.652. The number of hydrogen-bond donors (Lipinski definition) is 1. The van der Waals surface area contributed by atoms with Gasteiger partial charge in [-0.2, -0.15) is 0 Å². The average Bonchev–Trinajstić information content (AvgIpc) is 2.23. The number of aryl methyl sites for hydroxylation is 1. The lowest BCUT2D eigenvalue weighted by atomic mass is 10.2. The molecule has 0 fully saturated rings. The zero-order valence-electron chi connectivity index (χ0n) is 9.32. The lowest BCUT2D eigenvalue weighted by molar-refractivity contribution is 0.189. The second-order valence-corrected chi connectivity index (χ2v) is 3.51. The molecular weight excluding hydrogens is 192 g/mol. The van der Waals surface area contributed by atoms with E-state index in [9.17, 15) is 4.79 Å². The molecule has 0 amide bonds. The summed E-state index contributed by atoms with van der Waals surface area (Å²) in [6.45, 7) is 3.57. The summed E-state index contributed by atoms with van der Waals surface area (Å²) in [5.74, 6) is 0. The summed E-state index contributed by atoms with van der Waals surface area (Å²) in [5.41, 5.74) is 7.14. The van der Waals surface area contributed by atoms with Gasteiger partial charge in [0.1, 0.15) is 0 Å². The van der Waals surface area contributed by atoms with Crippen LogP contribution in [-0.4, -0.2) is 18.3 Å². The van der Waals surface area contributed by atoms with E-state index in [0.29, 0.717) is 25.3 Å². The predicted molar refractivity (Wildman–Crippen MR) is 59.8 cm³/mol. The quantitative estimate of drug-likeness (QED) is 0.726. The minimum atomic E-state index is 0.0219. The van der Waals surface area contributed by atoms with Crippen molar-refractivity contribution in [3.63, 3.8) is 0 Å². The van der Waals surface area contributed by atoms with E-state index >= 15 is 0 Å². The van der Waals surface area contributed by atoms with Crippen molar-refractivity contribution in [2.75, 3.05) is 13.7 Å².